The highest BCUT2D eigenvalue weighted by Gasteiger charge is 2.33. The Morgan fingerprint density at radius 1 is 1.16 bits per heavy atom. The maximum atomic E-state index is 12.9. The van der Waals surface area contributed by atoms with Crippen LogP contribution in [-0.4, -0.2) is 24.6 Å². The number of hydrogen-bond acceptors (Lipinski definition) is 4. The molecule has 1 aliphatic heterocycles. The number of benzene rings is 1. The Kier molecular flexibility index (Phi) is 3.43. The van der Waals surface area contributed by atoms with Gasteiger partial charge in [-0.05, 0) is 55.4 Å². The van der Waals surface area contributed by atoms with Crippen LogP contribution in [0.1, 0.15) is 47.8 Å². The van der Waals surface area contributed by atoms with E-state index in [0.29, 0.717) is 30.1 Å². The Labute approximate surface area is 147 Å². The number of fused-ring (bicyclic) bond motifs is 2. The Morgan fingerprint density at radius 2 is 2.00 bits per heavy atom. The zero-order chi connectivity index (χ0) is 17.0. The van der Waals surface area contributed by atoms with Gasteiger partial charge in [-0.25, -0.2) is 18.1 Å². The van der Waals surface area contributed by atoms with Crippen LogP contribution in [0, 0.1) is 0 Å². The van der Waals surface area contributed by atoms with E-state index in [1.54, 1.807) is 6.07 Å². The fraction of sp³-hybridized carbons (Fsp3) is 0.500. The minimum atomic E-state index is -3.64. The molecule has 1 saturated carbocycles. The second-order valence-corrected chi connectivity index (χ2v) is 8.80. The first kappa shape index (κ1) is 15.4. The standard InChI is InChI=1S/C18H21N3O3S/c22-25(23,15-7-4-12-2-1-3-13(12)10-15)20-18-19-16-11-24-9-8-17(16)21(18)14-5-6-14/h4,7,10,14H,1-3,5-6,8-9,11H2,(H,19,20). The van der Waals surface area contributed by atoms with Crippen molar-refractivity contribution < 1.29 is 13.2 Å². The summed E-state index contributed by atoms with van der Waals surface area (Å²) in [4.78, 5) is 4.87. The molecule has 0 amide bonds. The number of aryl methyl sites for hydroxylation is 2. The largest absolute Gasteiger partial charge is 0.375 e. The molecule has 1 aromatic heterocycles. The first-order chi connectivity index (χ1) is 12.1. The second kappa shape index (κ2) is 5.57. The lowest BCUT2D eigenvalue weighted by Gasteiger charge is -2.15. The lowest BCUT2D eigenvalue weighted by Crippen LogP contribution is -2.18. The van der Waals surface area contributed by atoms with E-state index in [9.17, 15) is 8.42 Å². The van der Waals surface area contributed by atoms with Gasteiger partial charge in [-0.3, -0.25) is 0 Å². The van der Waals surface area contributed by atoms with Crippen LogP contribution in [0.15, 0.2) is 23.1 Å². The molecular formula is C18H21N3O3S. The van der Waals surface area contributed by atoms with Gasteiger partial charge in [0.05, 0.1) is 23.8 Å². The van der Waals surface area contributed by atoms with Crippen molar-refractivity contribution in [3.63, 3.8) is 0 Å². The van der Waals surface area contributed by atoms with Crippen LogP contribution in [-0.2, 0) is 40.6 Å². The van der Waals surface area contributed by atoms with Crippen LogP contribution >= 0.6 is 0 Å². The molecule has 1 fully saturated rings. The Bertz CT molecular complexity index is 945. The highest BCUT2D eigenvalue weighted by atomic mass is 32.2. The monoisotopic (exact) mass is 359 g/mol. The summed E-state index contributed by atoms with van der Waals surface area (Å²) in [6.07, 6.45) is 6.06. The molecule has 2 aliphatic carbocycles. The minimum Gasteiger partial charge on any atom is -0.375 e. The zero-order valence-corrected chi connectivity index (χ0v) is 14.8. The number of imidazole rings is 1. The van der Waals surface area contributed by atoms with E-state index in [4.69, 9.17) is 4.74 Å². The molecule has 132 valence electrons. The molecule has 1 aromatic carbocycles. The van der Waals surface area contributed by atoms with Crippen LogP contribution in [0.25, 0.3) is 0 Å². The highest BCUT2D eigenvalue weighted by Crippen LogP contribution is 2.40. The average molecular weight is 359 g/mol. The predicted octanol–water partition coefficient (Wildman–Crippen LogP) is 2.58. The summed E-state index contributed by atoms with van der Waals surface area (Å²) in [5.41, 5.74) is 4.41. The van der Waals surface area contributed by atoms with E-state index in [1.165, 1.54) is 5.56 Å². The Hall–Kier alpha value is -1.86. The third-order valence-electron chi connectivity index (χ3n) is 5.33. The number of hydrogen-bond donors (Lipinski definition) is 1. The summed E-state index contributed by atoms with van der Waals surface area (Å²) >= 11 is 0. The summed E-state index contributed by atoms with van der Waals surface area (Å²) in [5.74, 6) is 0.443. The van der Waals surface area contributed by atoms with Crippen molar-refractivity contribution in [1.82, 2.24) is 9.55 Å². The molecule has 2 aromatic rings. The van der Waals surface area contributed by atoms with Gasteiger partial charge in [0.2, 0.25) is 5.95 Å². The normalized spacial score (nSPS) is 19.5. The van der Waals surface area contributed by atoms with Crippen LogP contribution in [0.5, 0.6) is 0 Å². The first-order valence-corrected chi connectivity index (χ1v) is 10.4. The van der Waals surface area contributed by atoms with Crippen molar-refractivity contribution in [3.05, 3.63) is 40.7 Å². The van der Waals surface area contributed by atoms with E-state index >= 15 is 0 Å². The number of aromatic nitrogens is 2. The molecule has 0 saturated heterocycles. The molecule has 0 unspecified atom stereocenters. The summed E-state index contributed by atoms with van der Waals surface area (Å²) < 4.78 is 36.1. The summed E-state index contributed by atoms with van der Waals surface area (Å²) in [6.45, 7) is 1.13. The van der Waals surface area contributed by atoms with Gasteiger partial charge in [-0.15, -0.1) is 0 Å². The van der Waals surface area contributed by atoms with Crippen molar-refractivity contribution >= 4 is 16.0 Å². The number of nitrogens with one attached hydrogen (secondary N) is 1. The van der Waals surface area contributed by atoms with Crippen molar-refractivity contribution in [2.45, 2.75) is 56.1 Å². The fourth-order valence-electron chi connectivity index (χ4n) is 3.92. The van der Waals surface area contributed by atoms with Crippen LogP contribution < -0.4 is 4.72 Å². The van der Waals surface area contributed by atoms with Crippen LogP contribution in [0.4, 0.5) is 5.95 Å². The van der Waals surface area contributed by atoms with Crippen LogP contribution in [0.3, 0.4) is 0 Å². The number of rotatable bonds is 4. The molecule has 5 rings (SSSR count). The lowest BCUT2D eigenvalue weighted by molar-refractivity contribution is 0.106. The molecule has 0 bridgehead atoms. The average Bonchev–Trinajstić information content (AvgIpc) is 3.20. The molecule has 1 N–H and O–H groups in total. The maximum absolute atomic E-state index is 12.9. The quantitative estimate of drug-likeness (QED) is 0.911. The predicted molar refractivity (Wildman–Crippen MR) is 93.1 cm³/mol. The van der Waals surface area contributed by atoms with Crippen LogP contribution in [0.2, 0.25) is 0 Å². The van der Waals surface area contributed by atoms with Gasteiger partial charge in [0, 0.05) is 18.2 Å². The second-order valence-electron chi connectivity index (χ2n) is 7.12. The zero-order valence-electron chi connectivity index (χ0n) is 14.0. The number of nitrogens with zero attached hydrogens (tertiary/aromatic N) is 2. The van der Waals surface area contributed by atoms with Gasteiger partial charge in [0.1, 0.15) is 0 Å². The summed E-state index contributed by atoms with van der Waals surface area (Å²) in [6, 6.07) is 5.84. The third-order valence-corrected chi connectivity index (χ3v) is 6.66. The van der Waals surface area contributed by atoms with E-state index in [0.717, 1.165) is 55.5 Å². The fourth-order valence-corrected chi connectivity index (χ4v) is 4.97. The van der Waals surface area contributed by atoms with Crippen molar-refractivity contribution in [3.8, 4) is 0 Å². The van der Waals surface area contributed by atoms with Gasteiger partial charge in [0.25, 0.3) is 10.0 Å². The molecule has 6 nitrogen and oxygen atoms in total. The van der Waals surface area contributed by atoms with Gasteiger partial charge >= 0.3 is 0 Å². The number of sulfonamides is 1. The lowest BCUT2D eigenvalue weighted by atomic mass is 10.1. The molecule has 0 atom stereocenters. The highest BCUT2D eigenvalue weighted by molar-refractivity contribution is 7.92. The molecular weight excluding hydrogens is 338 g/mol. The SMILES string of the molecule is O=S(=O)(Nc1nc2c(n1C1CC1)CCOC2)c1ccc2c(c1)CCC2. The van der Waals surface area contributed by atoms with Crippen molar-refractivity contribution in [1.29, 1.82) is 0 Å². The molecule has 0 radical (unpaired) electrons. The Balaban J connectivity index is 1.51. The van der Waals surface area contributed by atoms with Crippen molar-refractivity contribution in [2.24, 2.45) is 0 Å². The first-order valence-electron chi connectivity index (χ1n) is 8.94. The number of ether oxygens (including phenoxy) is 1. The Morgan fingerprint density at radius 3 is 2.84 bits per heavy atom. The summed E-state index contributed by atoms with van der Waals surface area (Å²) in [5, 5.41) is 0. The van der Waals surface area contributed by atoms with E-state index < -0.39 is 10.0 Å². The molecule has 25 heavy (non-hydrogen) atoms. The van der Waals surface area contributed by atoms with Crippen molar-refractivity contribution in [2.75, 3.05) is 11.3 Å². The van der Waals surface area contributed by atoms with Gasteiger partial charge in [0.15, 0.2) is 0 Å². The minimum absolute atomic E-state index is 0.327. The van der Waals surface area contributed by atoms with Gasteiger partial charge < -0.3 is 9.30 Å². The van der Waals surface area contributed by atoms with E-state index in [-0.39, 0.29) is 0 Å². The van der Waals surface area contributed by atoms with Gasteiger partial charge in [-0.2, -0.15) is 0 Å². The molecule has 0 spiro atoms. The maximum Gasteiger partial charge on any atom is 0.264 e. The molecule has 7 heteroatoms. The summed E-state index contributed by atoms with van der Waals surface area (Å²) in [7, 11) is -3.64. The molecule has 3 aliphatic rings. The topological polar surface area (TPSA) is 73.2 Å². The van der Waals surface area contributed by atoms with Gasteiger partial charge in [-0.1, -0.05) is 6.07 Å². The molecule has 2 heterocycles. The third kappa shape index (κ3) is 2.66. The van der Waals surface area contributed by atoms with E-state index in [1.807, 2.05) is 12.1 Å². The van der Waals surface area contributed by atoms with E-state index in [2.05, 4.69) is 14.3 Å². The smallest absolute Gasteiger partial charge is 0.264 e. The number of anilines is 1.